The lowest BCUT2D eigenvalue weighted by atomic mass is 10.1. The zero-order valence-corrected chi connectivity index (χ0v) is 12.9. The van der Waals surface area contributed by atoms with Crippen LogP contribution in [0, 0.1) is 11.7 Å². The Bertz CT molecular complexity index is 531. The van der Waals surface area contributed by atoms with E-state index in [1.165, 1.54) is 23.5 Å². The molecule has 6 heteroatoms. The molecule has 1 rings (SSSR count). The minimum absolute atomic E-state index is 0.0507. The van der Waals surface area contributed by atoms with Crippen molar-refractivity contribution in [1.29, 1.82) is 0 Å². The molecule has 1 aromatic carbocycles. The standard InChI is InChI=1S/C13H19ClFNO2S/c1-10(2)6-7-16(3)19(17,18)12-4-5-13(15)11(8-12)9-14/h4-5,8,10H,6-7,9H2,1-3H3. The van der Waals surface area contributed by atoms with Crippen LogP contribution in [0.3, 0.4) is 0 Å². The molecule has 0 saturated heterocycles. The van der Waals surface area contributed by atoms with Gasteiger partial charge in [0.25, 0.3) is 0 Å². The largest absolute Gasteiger partial charge is 0.242 e. The predicted octanol–water partition coefficient (Wildman–Crippen LogP) is 3.23. The molecule has 0 aliphatic carbocycles. The van der Waals surface area contributed by atoms with Crippen molar-refractivity contribution in [2.24, 2.45) is 5.92 Å². The van der Waals surface area contributed by atoms with E-state index >= 15 is 0 Å². The van der Waals surface area contributed by atoms with Crippen molar-refractivity contribution >= 4 is 21.6 Å². The molecule has 1 aromatic rings. The van der Waals surface area contributed by atoms with Crippen molar-refractivity contribution in [3.63, 3.8) is 0 Å². The van der Waals surface area contributed by atoms with Crippen LogP contribution in [0.25, 0.3) is 0 Å². The van der Waals surface area contributed by atoms with Gasteiger partial charge in [-0.3, -0.25) is 0 Å². The van der Waals surface area contributed by atoms with E-state index < -0.39 is 15.8 Å². The minimum Gasteiger partial charge on any atom is -0.207 e. The van der Waals surface area contributed by atoms with Crippen LogP contribution in [0.1, 0.15) is 25.8 Å². The Hall–Kier alpha value is -0.650. The number of hydrogen-bond acceptors (Lipinski definition) is 2. The molecule has 0 N–H and O–H groups in total. The lowest BCUT2D eigenvalue weighted by molar-refractivity contribution is 0.428. The van der Waals surface area contributed by atoms with Gasteiger partial charge in [-0.1, -0.05) is 13.8 Å². The molecule has 0 saturated carbocycles. The van der Waals surface area contributed by atoms with Crippen LogP contribution in [0.4, 0.5) is 4.39 Å². The van der Waals surface area contributed by atoms with Gasteiger partial charge in [0.05, 0.1) is 10.8 Å². The average molecular weight is 308 g/mol. The number of halogens is 2. The molecule has 0 unspecified atom stereocenters. The third-order valence-corrected chi connectivity index (χ3v) is 5.03. The van der Waals surface area contributed by atoms with Crippen LogP contribution in [-0.2, 0) is 15.9 Å². The molecule has 0 aliphatic rings. The van der Waals surface area contributed by atoms with Crippen molar-refractivity contribution in [2.45, 2.75) is 31.0 Å². The molecule has 0 spiro atoms. The maximum Gasteiger partial charge on any atom is 0.242 e. The lowest BCUT2D eigenvalue weighted by Crippen LogP contribution is -2.28. The lowest BCUT2D eigenvalue weighted by Gasteiger charge is -2.18. The maximum atomic E-state index is 13.3. The zero-order chi connectivity index (χ0) is 14.6. The Labute approximate surface area is 119 Å². The highest BCUT2D eigenvalue weighted by Crippen LogP contribution is 2.20. The minimum atomic E-state index is -3.58. The van der Waals surface area contributed by atoms with Crippen LogP contribution in [-0.4, -0.2) is 26.3 Å². The van der Waals surface area contributed by atoms with Crippen molar-refractivity contribution in [2.75, 3.05) is 13.6 Å². The topological polar surface area (TPSA) is 37.4 Å². The van der Waals surface area contributed by atoms with Crippen LogP contribution >= 0.6 is 11.6 Å². The fourth-order valence-corrected chi connectivity index (χ4v) is 3.00. The van der Waals surface area contributed by atoms with E-state index in [9.17, 15) is 12.8 Å². The first-order chi connectivity index (χ1) is 8.78. The van der Waals surface area contributed by atoms with Gasteiger partial charge in [0.1, 0.15) is 5.82 Å². The number of alkyl halides is 1. The molecule has 0 amide bonds. The quantitative estimate of drug-likeness (QED) is 0.757. The van der Waals surface area contributed by atoms with Crippen molar-refractivity contribution in [1.82, 2.24) is 4.31 Å². The van der Waals surface area contributed by atoms with E-state index in [2.05, 4.69) is 0 Å². The molecular weight excluding hydrogens is 289 g/mol. The molecular formula is C13H19ClFNO2S. The Morgan fingerprint density at radius 1 is 1.37 bits per heavy atom. The van der Waals surface area contributed by atoms with E-state index in [1.807, 2.05) is 13.8 Å². The molecule has 0 radical (unpaired) electrons. The Kier molecular flexibility index (Phi) is 5.77. The summed E-state index contributed by atoms with van der Waals surface area (Å²) in [4.78, 5) is 0.0795. The predicted molar refractivity (Wildman–Crippen MR) is 75.2 cm³/mol. The first-order valence-electron chi connectivity index (χ1n) is 6.09. The summed E-state index contributed by atoms with van der Waals surface area (Å²) in [5.41, 5.74) is 0.194. The Morgan fingerprint density at radius 2 is 2.00 bits per heavy atom. The highest BCUT2D eigenvalue weighted by molar-refractivity contribution is 7.89. The first-order valence-corrected chi connectivity index (χ1v) is 8.07. The summed E-state index contributed by atoms with van der Waals surface area (Å²) in [6, 6.07) is 3.71. The van der Waals surface area contributed by atoms with Crippen molar-refractivity contribution < 1.29 is 12.8 Å². The summed E-state index contributed by atoms with van der Waals surface area (Å²) < 4.78 is 39.2. The second-order valence-electron chi connectivity index (χ2n) is 4.90. The summed E-state index contributed by atoms with van der Waals surface area (Å²) in [5.74, 6) is -0.117. The van der Waals surface area contributed by atoms with E-state index in [-0.39, 0.29) is 16.3 Å². The van der Waals surface area contributed by atoms with Gasteiger partial charge in [-0.15, -0.1) is 11.6 Å². The van der Waals surface area contributed by atoms with E-state index in [1.54, 1.807) is 0 Å². The van der Waals surface area contributed by atoms with Gasteiger partial charge in [-0.05, 0) is 30.5 Å². The number of nitrogens with zero attached hydrogens (tertiary/aromatic N) is 1. The highest BCUT2D eigenvalue weighted by Gasteiger charge is 2.21. The Morgan fingerprint density at radius 3 is 2.53 bits per heavy atom. The number of sulfonamides is 1. The van der Waals surface area contributed by atoms with Crippen molar-refractivity contribution in [3.05, 3.63) is 29.6 Å². The summed E-state index contributed by atoms with van der Waals surface area (Å²) in [7, 11) is -2.05. The number of hydrogen-bond donors (Lipinski definition) is 0. The smallest absolute Gasteiger partial charge is 0.207 e. The Balaban J connectivity index is 2.99. The number of rotatable bonds is 6. The second kappa shape index (κ2) is 6.68. The van der Waals surface area contributed by atoms with E-state index in [4.69, 9.17) is 11.6 Å². The molecule has 0 bridgehead atoms. The van der Waals surface area contributed by atoms with Gasteiger partial charge in [0.2, 0.25) is 10.0 Å². The van der Waals surface area contributed by atoms with E-state index in [0.717, 1.165) is 12.5 Å². The molecule has 3 nitrogen and oxygen atoms in total. The summed E-state index contributed by atoms with van der Waals surface area (Å²) in [5, 5.41) is 0. The molecule has 0 fully saturated rings. The molecule has 0 aromatic heterocycles. The van der Waals surface area contributed by atoms with Gasteiger partial charge in [0, 0.05) is 19.2 Å². The molecule has 19 heavy (non-hydrogen) atoms. The van der Waals surface area contributed by atoms with Crippen LogP contribution in [0.2, 0.25) is 0 Å². The fraction of sp³-hybridized carbons (Fsp3) is 0.538. The van der Waals surface area contributed by atoms with Crippen LogP contribution < -0.4 is 0 Å². The van der Waals surface area contributed by atoms with Crippen LogP contribution in [0.15, 0.2) is 23.1 Å². The van der Waals surface area contributed by atoms with Gasteiger partial charge >= 0.3 is 0 Å². The highest BCUT2D eigenvalue weighted by atomic mass is 35.5. The fourth-order valence-electron chi connectivity index (χ4n) is 1.55. The van der Waals surface area contributed by atoms with Gasteiger partial charge in [-0.25, -0.2) is 17.1 Å². The zero-order valence-electron chi connectivity index (χ0n) is 11.4. The first kappa shape index (κ1) is 16.4. The normalized spacial score (nSPS) is 12.4. The maximum absolute atomic E-state index is 13.3. The second-order valence-corrected chi connectivity index (χ2v) is 7.21. The molecule has 0 heterocycles. The van der Waals surface area contributed by atoms with Gasteiger partial charge < -0.3 is 0 Å². The van der Waals surface area contributed by atoms with Gasteiger partial charge in [-0.2, -0.15) is 0 Å². The van der Waals surface area contributed by atoms with E-state index in [0.29, 0.717) is 12.5 Å². The summed E-state index contributed by atoms with van der Waals surface area (Å²) >= 11 is 5.59. The molecule has 0 atom stereocenters. The average Bonchev–Trinajstić information content (AvgIpc) is 2.35. The molecule has 108 valence electrons. The summed E-state index contributed by atoms with van der Waals surface area (Å²) in [6.07, 6.45) is 0.777. The van der Waals surface area contributed by atoms with Gasteiger partial charge in [0.15, 0.2) is 0 Å². The monoisotopic (exact) mass is 307 g/mol. The van der Waals surface area contributed by atoms with Crippen LogP contribution in [0.5, 0.6) is 0 Å². The number of benzene rings is 1. The third-order valence-electron chi connectivity index (χ3n) is 2.89. The van der Waals surface area contributed by atoms with Crippen molar-refractivity contribution in [3.8, 4) is 0 Å². The SMILES string of the molecule is CC(C)CCN(C)S(=O)(=O)c1ccc(F)c(CCl)c1. The molecule has 0 aliphatic heterocycles. The summed E-state index contributed by atoms with van der Waals surface area (Å²) in [6.45, 7) is 4.50. The third kappa shape index (κ3) is 4.16.